The highest BCUT2D eigenvalue weighted by molar-refractivity contribution is 5.66. The summed E-state index contributed by atoms with van der Waals surface area (Å²) in [5.74, 6) is 0.798. The summed E-state index contributed by atoms with van der Waals surface area (Å²) in [6.45, 7) is 0. The minimum atomic E-state index is 0.798. The molecule has 1 N–H and O–H groups in total. The van der Waals surface area contributed by atoms with Crippen molar-refractivity contribution in [3.63, 3.8) is 0 Å². The van der Waals surface area contributed by atoms with Crippen LogP contribution < -0.4 is 20.4 Å². The molecule has 1 aliphatic heterocycles. The summed E-state index contributed by atoms with van der Waals surface area (Å²) in [4.78, 5) is 10.0. The normalized spacial score (nSPS) is 13.2. The number of benzene rings is 2. The van der Waals surface area contributed by atoms with Gasteiger partial charge in [-0.2, -0.15) is 0 Å². The van der Waals surface area contributed by atoms with Gasteiger partial charge in [0.25, 0.3) is 0 Å². The number of hydrazine groups is 1. The van der Waals surface area contributed by atoms with Crippen LogP contribution in [-0.4, -0.2) is 28.2 Å². The van der Waals surface area contributed by atoms with Gasteiger partial charge in [-0.25, -0.2) is 0 Å². The van der Waals surface area contributed by atoms with Crippen LogP contribution >= 0.6 is 0 Å². The average Bonchev–Trinajstić information content (AvgIpc) is 3.05. The summed E-state index contributed by atoms with van der Waals surface area (Å²) >= 11 is 0. The van der Waals surface area contributed by atoms with Crippen molar-refractivity contribution in [2.75, 3.05) is 43.2 Å². The first-order valence-corrected chi connectivity index (χ1v) is 7.54. The van der Waals surface area contributed by atoms with E-state index in [1.807, 2.05) is 46.5 Å². The molecule has 1 heterocycles. The van der Waals surface area contributed by atoms with E-state index in [4.69, 9.17) is 4.84 Å². The molecule has 0 saturated carbocycles. The summed E-state index contributed by atoms with van der Waals surface area (Å²) in [5, 5.41) is 1.66. The van der Waals surface area contributed by atoms with Gasteiger partial charge in [0.05, 0.1) is 11.9 Å². The molecule has 120 valence electrons. The van der Waals surface area contributed by atoms with Crippen LogP contribution in [0.3, 0.4) is 0 Å². The molecule has 0 fully saturated rings. The lowest BCUT2D eigenvalue weighted by molar-refractivity contribution is 0.243. The Balaban J connectivity index is 1.70. The Kier molecular flexibility index (Phi) is 4.02. The Morgan fingerprint density at radius 2 is 1.30 bits per heavy atom. The Morgan fingerprint density at radius 3 is 1.83 bits per heavy atom. The van der Waals surface area contributed by atoms with Crippen molar-refractivity contribution in [1.29, 1.82) is 0 Å². The summed E-state index contributed by atoms with van der Waals surface area (Å²) in [6, 6.07) is 16.4. The van der Waals surface area contributed by atoms with Gasteiger partial charge in [0.1, 0.15) is 0 Å². The van der Waals surface area contributed by atoms with E-state index in [2.05, 4.69) is 51.6 Å². The van der Waals surface area contributed by atoms with Crippen LogP contribution in [-0.2, 0) is 4.84 Å². The van der Waals surface area contributed by atoms with Gasteiger partial charge >= 0.3 is 0 Å². The van der Waals surface area contributed by atoms with Crippen LogP contribution in [0.25, 0.3) is 5.76 Å². The van der Waals surface area contributed by atoms with Crippen molar-refractivity contribution < 1.29 is 4.84 Å². The highest BCUT2D eigenvalue weighted by atomic mass is 16.7. The van der Waals surface area contributed by atoms with Crippen molar-refractivity contribution in [3.8, 4) is 0 Å². The van der Waals surface area contributed by atoms with Crippen LogP contribution in [0.15, 0.2) is 54.7 Å². The fourth-order valence-corrected chi connectivity index (χ4v) is 2.34. The molecule has 0 bridgehead atoms. The van der Waals surface area contributed by atoms with Crippen LogP contribution in [0.2, 0.25) is 0 Å². The number of hydrogen-bond donors (Lipinski definition) is 1. The minimum absolute atomic E-state index is 0.798. The molecular formula is C18H22N4O. The van der Waals surface area contributed by atoms with Crippen LogP contribution in [0, 0.1) is 0 Å². The second-order valence-electron chi connectivity index (χ2n) is 5.88. The summed E-state index contributed by atoms with van der Waals surface area (Å²) in [5.41, 5.74) is 7.44. The van der Waals surface area contributed by atoms with E-state index in [9.17, 15) is 0 Å². The van der Waals surface area contributed by atoms with Gasteiger partial charge in [0.2, 0.25) is 0 Å². The Hall–Kier alpha value is -2.82. The predicted octanol–water partition coefficient (Wildman–Crippen LogP) is 3.07. The first-order valence-electron chi connectivity index (χ1n) is 7.54. The zero-order valence-corrected chi connectivity index (χ0v) is 13.9. The monoisotopic (exact) mass is 310 g/mol. The molecule has 0 radical (unpaired) electrons. The number of anilines is 3. The van der Waals surface area contributed by atoms with E-state index >= 15 is 0 Å². The van der Waals surface area contributed by atoms with Crippen molar-refractivity contribution in [1.82, 2.24) is 5.43 Å². The summed E-state index contributed by atoms with van der Waals surface area (Å²) in [6.07, 6.45) is 1.87. The molecule has 5 heteroatoms. The highest BCUT2D eigenvalue weighted by Crippen LogP contribution is 2.27. The van der Waals surface area contributed by atoms with Crippen molar-refractivity contribution >= 4 is 22.8 Å². The molecule has 0 atom stereocenters. The quantitative estimate of drug-likeness (QED) is 0.938. The van der Waals surface area contributed by atoms with Gasteiger partial charge in [-0.15, -0.1) is 5.17 Å². The van der Waals surface area contributed by atoms with Gasteiger partial charge in [-0.3, -0.25) is 5.43 Å². The maximum atomic E-state index is 5.89. The smallest absolute Gasteiger partial charge is 0.182 e. The Bertz CT molecular complexity index is 690. The molecule has 5 nitrogen and oxygen atoms in total. The van der Waals surface area contributed by atoms with Gasteiger partial charge in [-0.05, 0) is 48.5 Å². The number of hydrogen-bond acceptors (Lipinski definition) is 5. The fraction of sp³-hybridized carbons (Fsp3) is 0.222. The van der Waals surface area contributed by atoms with Crippen molar-refractivity contribution in [2.24, 2.45) is 0 Å². The van der Waals surface area contributed by atoms with E-state index < -0.39 is 0 Å². The minimum Gasteiger partial charge on any atom is -0.378 e. The molecule has 0 aliphatic carbocycles. The summed E-state index contributed by atoms with van der Waals surface area (Å²) < 4.78 is 0. The van der Waals surface area contributed by atoms with Crippen LogP contribution in [0.5, 0.6) is 0 Å². The number of nitrogens with zero attached hydrogens (tertiary/aromatic N) is 3. The van der Waals surface area contributed by atoms with E-state index in [0.29, 0.717) is 0 Å². The van der Waals surface area contributed by atoms with Gasteiger partial charge in [-0.1, -0.05) is 0 Å². The molecule has 0 saturated heterocycles. The Labute approximate surface area is 137 Å². The zero-order chi connectivity index (χ0) is 16.4. The standard InChI is InChI=1S/C18H22N4O/c1-20(2)15-7-5-14(6-8-15)18-13-19-22(23-18)17-11-9-16(10-12-17)21(3)4/h5-13,19H,1-4H3. The SMILES string of the molecule is CN(C)c1ccc(C2=CNN(c3ccc(N(C)C)cc3)O2)cc1. The molecule has 0 aromatic heterocycles. The lowest BCUT2D eigenvalue weighted by Crippen LogP contribution is -2.28. The van der Waals surface area contributed by atoms with E-state index in [0.717, 1.165) is 28.4 Å². The fourth-order valence-electron chi connectivity index (χ4n) is 2.34. The summed E-state index contributed by atoms with van der Waals surface area (Å²) in [7, 11) is 8.11. The predicted molar refractivity (Wildman–Crippen MR) is 96.2 cm³/mol. The maximum Gasteiger partial charge on any atom is 0.182 e. The molecule has 2 aromatic rings. The lowest BCUT2D eigenvalue weighted by Gasteiger charge is -2.19. The molecule has 0 spiro atoms. The molecule has 1 aliphatic rings. The van der Waals surface area contributed by atoms with E-state index in [1.54, 1.807) is 5.17 Å². The van der Waals surface area contributed by atoms with Gasteiger partial charge < -0.3 is 14.6 Å². The van der Waals surface area contributed by atoms with Crippen LogP contribution in [0.1, 0.15) is 5.56 Å². The molecule has 0 unspecified atom stereocenters. The third-order valence-corrected chi connectivity index (χ3v) is 3.77. The Morgan fingerprint density at radius 1 is 0.783 bits per heavy atom. The zero-order valence-electron chi connectivity index (χ0n) is 13.9. The maximum absolute atomic E-state index is 5.89. The largest absolute Gasteiger partial charge is 0.378 e. The lowest BCUT2D eigenvalue weighted by atomic mass is 10.2. The third kappa shape index (κ3) is 3.18. The first-order chi connectivity index (χ1) is 11.0. The number of nitrogens with one attached hydrogen (secondary N) is 1. The topological polar surface area (TPSA) is 31.0 Å². The van der Waals surface area contributed by atoms with Crippen molar-refractivity contribution in [2.45, 2.75) is 0 Å². The van der Waals surface area contributed by atoms with Gasteiger partial charge in [0, 0.05) is 45.1 Å². The second-order valence-corrected chi connectivity index (χ2v) is 5.88. The number of rotatable bonds is 4. The molecule has 0 amide bonds. The van der Waals surface area contributed by atoms with Crippen molar-refractivity contribution in [3.05, 3.63) is 60.3 Å². The molecule has 2 aromatic carbocycles. The second kappa shape index (κ2) is 6.12. The van der Waals surface area contributed by atoms with Gasteiger partial charge in [0.15, 0.2) is 5.76 Å². The van der Waals surface area contributed by atoms with E-state index in [1.165, 1.54) is 0 Å². The highest BCUT2D eigenvalue weighted by Gasteiger charge is 2.18. The third-order valence-electron chi connectivity index (χ3n) is 3.77. The molecule has 3 rings (SSSR count). The van der Waals surface area contributed by atoms with Crippen LogP contribution in [0.4, 0.5) is 17.1 Å². The molecule has 23 heavy (non-hydrogen) atoms. The first kappa shape index (κ1) is 15.1. The average molecular weight is 310 g/mol. The van der Waals surface area contributed by atoms with E-state index in [-0.39, 0.29) is 0 Å². The molecular weight excluding hydrogens is 288 g/mol.